The number of nitrogens with two attached hydrogens (primary N) is 1. The Morgan fingerprint density at radius 1 is 0.952 bits per heavy atom. The Labute approximate surface area is 120 Å². The van der Waals surface area contributed by atoms with E-state index < -0.39 is 29.0 Å². The van der Waals surface area contributed by atoms with Crippen LogP contribution < -0.4 is 5.73 Å². The molecular formula is C13H6ClF4N3. The Morgan fingerprint density at radius 3 is 2.19 bits per heavy atom. The van der Waals surface area contributed by atoms with Gasteiger partial charge in [-0.15, -0.1) is 0 Å². The van der Waals surface area contributed by atoms with Crippen LogP contribution in [0, 0.1) is 23.3 Å². The molecule has 0 saturated carbocycles. The number of nitrogens with zero attached hydrogens (tertiary/aromatic N) is 2. The lowest BCUT2D eigenvalue weighted by molar-refractivity contribution is 0.535. The van der Waals surface area contributed by atoms with E-state index in [1.165, 1.54) is 6.07 Å². The average molecular weight is 316 g/mol. The van der Waals surface area contributed by atoms with Crippen LogP contribution in [0.4, 0.5) is 23.5 Å². The van der Waals surface area contributed by atoms with E-state index in [1.807, 2.05) is 0 Å². The summed E-state index contributed by atoms with van der Waals surface area (Å²) in [5.41, 5.74) is 5.15. The molecule has 0 fully saturated rings. The first-order chi connectivity index (χ1) is 9.88. The maximum Gasteiger partial charge on any atom is 0.206 e. The first-order valence-electron chi connectivity index (χ1n) is 5.66. The van der Waals surface area contributed by atoms with Crippen LogP contribution in [0.3, 0.4) is 0 Å². The highest BCUT2D eigenvalue weighted by atomic mass is 35.5. The number of nitrogen functional groups attached to an aromatic ring is 1. The molecule has 21 heavy (non-hydrogen) atoms. The Bertz CT molecular complexity index is 852. The Balaban J connectivity index is 2.41. The van der Waals surface area contributed by atoms with Crippen LogP contribution in [0.5, 0.6) is 0 Å². The van der Waals surface area contributed by atoms with Gasteiger partial charge in [-0.3, -0.25) is 4.57 Å². The number of fused-ring (bicyclic) bond motifs is 1. The molecule has 1 aromatic heterocycles. The van der Waals surface area contributed by atoms with Crippen molar-refractivity contribution in [1.29, 1.82) is 0 Å². The van der Waals surface area contributed by atoms with E-state index in [4.69, 9.17) is 17.3 Å². The molecule has 0 aliphatic carbocycles. The predicted octanol–water partition coefficient (Wildman–Crippen LogP) is 3.82. The van der Waals surface area contributed by atoms with Crippen molar-refractivity contribution in [2.24, 2.45) is 0 Å². The SMILES string of the molecule is Nc1nc2cc(Cl)c(F)cc2n1-c1c(F)cc(F)cc1F. The van der Waals surface area contributed by atoms with Crippen molar-refractivity contribution in [2.75, 3.05) is 5.73 Å². The fraction of sp³-hybridized carbons (Fsp3) is 0. The van der Waals surface area contributed by atoms with Crippen molar-refractivity contribution in [1.82, 2.24) is 9.55 Å². The van der Waals surface area contributed by atoms with Crippen molar-refractivity contribution in [3.63, 3.8) is 0 Å². The molecule has 0 amide bonds. The van der Waals surface area contributed by atoms with Crippen molar-refractivity contribution < 1.29 is 17.6 Å². The van der Waals surface area contributed by atoms with Gasteiger partial charge < -0.3 is 5.73 Å². The summed E-state index contributed by atoms with van der Waals surface area (Å²) in [5, 5.41) is -0.202. The van der Waals surface area contributed by atoms with Gasteiger partial charge in [-0.25, -0.2) is 22.5 Å². The number of anilines is 1. The summed E-state index contributed by atoms with van der Waals surface area (Å²) < 4.78 is 55.1. The van der Waals surface area contributed by atoms with Crippen molar-refractivity contribution in [3.05, 3.63) is 52.6 Å². The second-order valence-corrected chi connectivity index (χ2v) is 4.69. The smallest absolute Gasteiger partial charge is 0.206 e. The molecule has 3 rings (SSSR count). The summed E-state index contributed by atoms with van der Waals surface area (Å²) in [6.45, 7) is 0. The molecule has 0 bridgehead atoms. The van der Waals surface area contributed by atoms with Crippen molar-refractivity contribution in [2.45, 2.75) is 0 Å². The fourth-order valence-corrected chi connectivity index (χ4v) is 2.23. The highest BCUT2D eigenvalue weighted by molar-refractivity contribution is 6.31. The Morgan fingerprint density at radius 2 is 1.57 bits per heavy atom. The lowest BCUT2D eigenvalue weighted by Gasteiger charge is -2.09. The molecule has 0 aliphatic rings. The molecule has 0 aliphatic heterocycles. The number of halogens is 5. The molecule has 3 nitrogen and oxygen atoms in total. The average Bonchev–Trinajstić information content (AvgIpc) is 2.66. The van der Waals surface area contributed by atoms with Crippen LogP contribution in [0.15, 0.2) is 24.3 Å². The van der Waals surface area contributed by atoms with Crippen molar-refractivity contribution >= 4 is 28.6 Å². The minimum Gasteiger partial charge on any atom is -0.369 e. The van der Waals surface area contributed by atoms with Crippen LogP contribution in [-0.2, 0) is 0 Å². The molecule has 8 heteroatoms. The summed E-state index contributed by atoms with van der Waals surface area (Å²) in [7, 11) is 0. The topological polar surface area (TPSA) is 43.8 Å². The van der Waals surface area contributed by atoms with Crippen LogP contribution >= 0.6 is 11.6 Å². The highest BCUT2D eigenvalue weighted by Gasteiger charge is 2.20. The first-order valence-corrected chi connectivity index (χ1v) is 6.04. The molecule has 0 atom stereocenters. The summed E-state index contributed by atoms with van der Waals surface area (Å²) in [6, 6.07) is 3.12. The predicted molar refractivity (Wildman–Crippen MR) is 70.3 cm³/mol. The van der Waals surface area contributed by atoms with Crippen molar-refractivity contribution in [3.8, 4) is 5.69 Å². The summed E-state index contributed by atoms with van der Waals surface area (Å²) in [6.07, 6.45) is 0. The molecule has 0 spiro atoms. The minimum absolute atomic E-state index is 0.0128. The third-order valence-electron chi connectivity index (χ3n) is 2.93. The van der Waals surface area contributed by atoms with Gasteiger partial charge in [0.15, 0.2) is 11.6 Å². The number of hydrogen-bond acceptors (Lipinski definition) is 2. The fourth-order valence-electron chi connectivity index (χ4n) is 2.07. The van der Waals surface area contributed by atoms with Gasteiger partial charge in [-0.1, -0.05) is 11.6 Å². The lowest BCUT2D eigenvalue weighted by atomic mass is 10.2. The van der Waals surface area contributed by atoms with Crippen LogP contribution in [0.1, 0.15) is 0 Å². The Kier molecular flexibility index (Phi) is 3.02. The lowest BCUT2D eigenvalue weighted by Crippen LogP contribution is -2.06. The third-order valence-corrected chi connectivity index (χ3v) is 3.22. The monoisotopic (exact) mass is 315 g/mol. The largest absolute Gasteiger partial charge is 0.369 e. The van der Waals surface area contributed by atoms with Crippen LogP contribution in [0.25, 0.3) is 16.7 Å². The van der Waals surface area contributed by atoms with E-state index in [1.54, 1.807) is 0 Å². The maximum atomic E-state index is 13.9. The number of imidazole rings is 1. The first kappa shape index (κ1) is 13.7. The summed E-state index contributed by atoms with van der Waals surface area (Å²) >= 11 is 5.62. The molecule has 1 heterocycles. The zero-order chi connectivity index (χ0) is 15.3. The number of aromatic nitrogens is 2. The highest BCUT2D eigenvalue weighted by Crippen LogP contribution is 2.30. The van der Waals surface area contributed by atoms with Gasteiger partial charge >= 0.3 is 0 Å². The molecule has 0 radical (unpaired) electrons. The van der Waals surface area contributed by atoms with Crippen LogP contribution in [-0.4, -0.2) is 9.55 Å². The standard InChI is InChI=1S/C13H6ClF4N3/c14-6-3-10-11(4-7(6)16)21(13(19)20-10)12-8(17)1-5(15)2-9(12)18/h1-4H,(H2,19,20). The zero-order valence-corrected chi connectivity index (χ0v) is 10.9. The van der Waals surface area contributed by atoms with E-state index in [-0.39, 0.29) is 22.0 Å². The van der Waals surface area contributed by atoms with E-state index in [2.05, 4.69) is 4.98 Å². The van der Waals surface area contributed by atoms with E-state index in [0.29, 0.717) is 12.1 Å². The van der Waals surface area contributed by atoms with Gasteiger partial charge in [-0.05, 0) is 6.07 Å². The minimum atomic E-state index is -1.19. The number of hydrogen-bond donors (Lipinski definition) is 1. The quantitative estimate of drug-likeness (QED) is 0.694. The molecular weight excluding hydrogens is 310 g/mol. The second-order valence-electron chi connectivity index (χ2n) is 4.28. The van der Waals surface area contributed by atoms with E-state index >= 15 is 0 Å². The van der Waals surface area contributed by atoms with E-state index in [9.17, 15) is 17.6 Å². The maximum absolute atomic E-state index is 13.9. The molecule has 3 aromatic rings. The zero-order valence-electron chi connectivity index (χ0n) is 10.2. The summed E-state index contributed by atoms with van der Waals surface area (Å²) in [5.74, 6) is -4.53. The number of rotatable bonds is 1. The number of benzene rings is 2. The molecule has 0 unspecified atom stereocenters. The molecule has 2 N–H and O–H groups in total. The summed E-state index contributed by atoms with van der Waals surface area (Å²) in [4.78, 5) is 3.86. The van der Waals surface area contributed by atoms with Gasteiger partial charge in [0.2, 0.25) is 5.95 Å². The molecule has 108 valence electrons. The van der Waals surface area contributed by atoms with Gasteiger partial charge in [0, 0.05) is 18.2 Å². The van der Waals surface area contributed by atoms with Gasteiger partial charge in [0.25, 0.3) is 0 Å². The Hall–Kier alpha value is -2.28. The van der Waals surface area contributed by atoms with Gasteiger partial charge in [0.1, 0.15) is 17.3 Å². The van der Waals surface area contributed by atoms with Gasteiger partial charge in [-0.2, -0.15) is 0 Å². The normalized spacial score (nSPS) is 11.3. The third kappa shape index (κ3) is 2.09. The van der Waals surface area contributed by atoms with Gasteiger partial charge in [0.05, 0.1) is 16.1 Å². The van der Waals surface area contributed by atoms with Crippen LogP contribution in [0.2, 0.25) is 5.02 Å². The molecule has 0 saturated heterocycles. The van der Waals surface area contributed by atoms with E-state index in [0.717, 1.165) is 10.6 Å². The second kappa shape index (κ2) is 4.63. The molecule has 2 aromatic carbocycles.